The van der Waals surface area contributed by atoms with Crippen molar-refractivity contribution in [2.75, 3.05) is 49.3 Å². The van der Waals surface area contributed by atoms with E-state index in [0.29, 0.717) is 29.2 Å². The number of carbonyl (C=O) groups excluding carboxylic acids is 1. The van der Waals surface area contributed by atoms with Crippen LogP contribution < -0.4 is 9.21 Å². The molecule has 0 atom stereocenters. The van der Waals surface area contributed by atoms with E-state index in [1.54, 1.807) is 18.2 Å². The molecule has 3 rings (SSSR count). The molecule has 0 unspecified atom stereocenters. The molecule has 0 aliphatic carbocycles. The molecule has 0 bridgehead atoms. The van der Waals surface area contributed by atoms with E-state index < -0.39 is 10.0 Å². The monoisotopic (exact) mass is 386 g/mol. The molecule has 2 aliphatic heterocycles. The van der Waals surface area contributed by atoms with Gasteiger partial charge in [0, 0.05) is 6.54 Å². The van der Waals surface area contributed by atoms with Gasteiger partial charge in [0.25, 0.3) is 5.91 Å². The number of hydrogen-bond donors (Lipinski definition) is 1. The minimum atomic E-state index is -3.28. The topological polar surface area (TPSA) is 62.1 Å². The number of anilines is 1. The second-order valence-corrected chi connectivity index (χ2v) is 9.08. The van der Waals surface area contributed by atoms with Gasteiger partial charge in [-0.3, -0.25) is 9.10 Å². The number of amides is 1. The average Bonchev–Trinajstić information content (AvgIpc) is 2.61. The summed E-state index contributed by atoms with van der Waals surface area (Å²) in [4.78, 5) is 16.1. The normalized spacial score (nSPS) is 21.4. The standard InChI is InChI=1S/C17H24ClN3O3S/c1-2-19-8-10-20(11-9-19)17(22)15-6-5-14(13-16(15)18)21-7-3-4-12-25(21,23)24/h5-6,13H,2-4,7-12H2,1H3/p+1. The Morgan fingerprint density at radius 3 is 2.52 bits per heavy atom. The number of likely N-dealkylation sites (N-methyl/N-ethyl adjacent to an activating group) is 1. The van der Waals surface area contributed by atoms with Crippen LogP contribution in [0.1, 0.15) is 30.1 Å². The van der Waals surface area contributed by atoms with Crippen molar-refractivity contribution in [3.63, 3.8) is 0 Å². The van der Waals surface area contributed by atoms with Crippen molar-refractivity contribution in [3.05, 3.63) is 28.8 Å². The van der Waals surface area contributed by atoms with Crippen molar-refractivity contribution in [1.82, 2.24) is 4.90 Å². The fourth-order valence-corrected chi connectivity index (χ4v) is 5.35. The number of nitrogens with zero attached hydrogens (tertiary/aromatic N) is 2. The highest BCUT2D eigenvalue weighted by Gasteiger charge is 2.28. The van der Waals surface area contributed by atoms with Crippen LogP contribution >= 0.6 is 11.6 Å². The predicted octanol–water partition coefficient (Wildman–Crippen LogP) is 0.631. The largest absolute Gasteiger partial charge is 0.332 e. The Morgan fingerprint density at radius 1 is 1.20 bits per heavy atom. The first-order valence-corrected chi connectivity index (χ1v) is 10.8. The Morgan fingerprint density at radius 2 is 1.92 bits per heavy atom. The van der Waals surface area contributed by atoms with Crippen molar-refractivity contribution in [1.29, 1.82) is 0 Å². The molecule has 8 heteroatoms. The van der Waals surface area contributed by atoms with E-state index in [4.69, 9.17) is 11.6 Å². The van der Waals surface area contributed by atoms with E-state index in [-0.39, 0.29) is 11.7 Å². The lowest BCUT2D eigenvalue weighted by molar-refractivity contribution is -0.902. The summed E-state index contributed by atoms with van der Waals surface area (Å²) in [7, 11) is -3.28. The van der Waals surface area contributed by atoms with Crippen molar-refractivity contribution < 1.29 is 18.1 Å². The van der Waals surface area contributed by atoms with Gasteiger partial charge in [0.2, 0.25) is 10.0 Å². The SMILES string of the molecule is CC[NH+]1CCN(C(=O)c2ccc(N3CCCCS3(=O)=O)cc2Cl)CC1. The molecular weight excluding hydrogens is 362 g/mol. The summed E-state index contributed by atoms with van der Waals surface area (Å²) in [6.45, 7) is 7.03. The molecule has 1 aromatic carbocycles. The molecule has 0 saturated carbocycles. The molecule has 2 aliphatic rings. The summed E-state index contributed by atoms with van der Waals surface area (Å²) in [5.74, 6) is 0.0863. The van der Waals surface area contributed by atoms with Crippen LogP contribution in [0.25, 0.3) is 0 Å². The molecule has 2 heterocycles. The fraction of sp³-hybridized carbons (Fsp3) is 0.588. The third kappa shape index (κ3) is 3.93. The van der Waals surface area contributed by atoms with E-state index in [1.165, 1.54) is 9.21 Å². The Balaban J connectivity index is 1.77. The van der Waals surface area contributed by atoms with Crippen molar-refractivity contribution in [2.45, 2.75) is 19.8 Å². The summed E-state index contributed by atoms with van der Waals surface area (Å²) in [6, 6.07) is 4.95. The zero-order valence-corrected chi connectivity index (χ0v) is 16.1. The van der Waals surface area contributed by atoms with Gasteiger partial charge in [0.15, 0.2) is 0 Å². The molecule has 2 saturated heterocycles. The maximum Gasteiger partial charge on any atom is 0.255 e. The van der Waals surface area contributed by atoms with Gasteiger partial charge in [-0.2, -0.15) is 0 Å². The molecule has 138 valence electrons. The van der Waals surface area contributed by atoms with Gasteiger partial charge in [-0.05, 0) is 38.0 Å². The van der Waals surface area contributed by atoms with Gasteiger partial charge < -0.3 is 9.80 Å². The van der Waals surface area contributed by atoms with E-state index in [9.17, 15) is 13.2 Å². The molecule has 0 radical (unpaired) electrons. The minimum absolute atomic E-state index is 0.0757. The fourth-order valence-electron chi connectivity index (χ4n) is 3.46. The summed E-state index contributed by atoms with van der Waals surface area (Å²) in [5.41, 5.74) is 0.987. The number of hydrogen-bond acceptors (Lipinski definition) is 3. The Bertz CT molecular complexity index is 746. The van der Waals surface area contributed by atoms with Gasteiger partial charge in [-0.25, -0.2) is 8.42 Å². The zero-order chi connectivity index (χ0) is 18.0. The van der Waals surface area contributed by atoms with Crippen LogP contribution in [0.3, 0.4) is 0 Å². The molecule has 1 N–H and O–H groups in total. The summed E-state index contributed by atoms with van der Waals surface area (Å²) >= 11 is 6.34. The lowest BCUT2D eigenvalue weighted by Crippen LogP contribution is -3.14. The smallest absolute Gasteiger partial charge is 0.255 e. The summed E-state index contributed by atoms with van der Waals surface area (Å²) in [6.07, 6.45) is 1.52. The molecule has 2 fully saturated rings. The van der Waals surface area contributed by atoms with Gasteiger partial charge in [-0.1, -0.05) is 11.6 Å². The van der Waals surface area contributed by atoms with Crippen molar-refractivity contribution >= 4 is 33.2 Å². The lowest BCUT2D eigenvalue weighted by Gasteiger charge is -2.32. The second kappa shape index (κ2) is 7.51. The van der Waals surface area contributed by atoms with Crippen LogP contribution in [-0.4, -0.2) is 64.2 Å². The summed E-state index contributed by atoms with van der Waals surface area (Å²) < 4.78 is 25.9. The molecule has 1 aromatic rings. The van der Waals surface area contributed by atoms with Crippen LogP contribution in [0.2, 0.25) is 5.02 Å². The minimum Gasteiger partial charge on any atom is -0.332 e. The Kier molecular flexibility index (Phi) is 5.55. The second-order valence-electron chi connectivity index (χ2n) is 6.66. The number of rotatable bonds is 3. The third-order valence-electron chi connectivity index (χ3n) is 5.08. The highest BCUT2D eigenvalue weighted by Crippen LogP contribution is 2.29. The maximum atomic E-state index is 12.7. The Labute approximate surface area is 154 Å². The third-order valence-corrected chi connectivity index (χ3v) is 7.26. The highest BCUT2D eigenvalue weighted by atomic mass is 35.5. The summed E-state index contributed by atoms with van der Waals surface area (Å²) in [5, 5.41) is 0.313. The van der Waals surface area contributed by atoms with Crippen LogP contribution in [-0.2, 0) is 10.0 Å². The number of sulfonamides is 1. The lowest BCUT2D eigenvalue weighted by atomic mass is 10.1. The average molecular weight is 387 g/mol. The van der Waals surface area contributed by atoms with Crippen molar-refractivity contribution in [3.8, 4) is 0 Å². The molecule has 6 nitrogen and oxygen atoms in total. The molecule has 0 aromatic heterocycles. The van der Waals surface area contributed by atoms with Crippen LogP contribution in [0.5, 0.6) is 0 Å². The van der Waals surface area contributed by atoms with Crippen LogP contribution in [0.4, 0.5) is 5.69 Å². The van der Waals surface area contributed by atoms with Gasteiger partial charge in [0.1, 0.15) is 0 Å². The number of quaternary nitrogens is 1. The maximum absolute atomic E-state index is 12.7. The molecule has 1 amide bonds. The highest BCUT2D eigenvalue weighted by molar-refractivity contribution is 7.92. The number of carbonyl (C=O) groups is 1. The zero-order valence-electron chi connectivity index (χ0n) is 14.5. The quantitative estimate of drug-likeness (QED) is 0.828. The number of nitrogens with one attached hydrogen (secondary N) is 1. The molecule has 0 spiro atoms. The van der Waals surface area contributed by atoms with Gasteiger partial charge in [-0.15, -0.1) is 0 Å². The van der Waals surface area contributed by atoms with E-state index >= 15 is 0 Å². The van der Waals surface area contributed by atoms with Gasteiger partial charge in [0.05, 0.1) is 54.8 Å². The number of halogens is 1. The van der Waals surface area contributed by atoms with Crippen LogP contribution in [0.15, 0.2) is 18.2 Å². The predicted molar refractivity (Wildman–Crippen MR) is 99.0 cm³/mol. The Hall–Kier alpha value is -1.31. The first-order valence-electron chi connectivity index (χ1n) is 8.85. The van der Waals surface area contributed by atoms with E-state index in [1.807, 2.05) is 4.90 Å². The number of piperazine rings is 1. The van der Waals surface area contributed by atoms with Crippen LogP contribution in [0, 0.1) is 0 Å². The van der Waals surface area contributed by atoms with E-state index in [0.717, 1.165) is 39.1 Å². The first-order chi connectivity index (χ1) is 11.9. The van der Waals surface area contributed by atoms with E-state index in [2.05, 4.69) is 6.92 Å². The molecular formula is C17H25ClN3O3S+. The molecule has 25 heavy (non-hydrogen) atoms. The first kappa shape index (κ1) is 18.5. The van der Waals surface area contributed by atoms with Crippen molar-refractivity contribution in [2.24, 2.45) is 0 Å². The van der Waals surface area contributed by atoms with Gasteiger partial charge >= 0.3 is 0 Å². The number of benzene rings is 1.